The highest BCUT2D eigenvalue weighted by Crippen LogP contribution is 2.29. The molecule has 0 aliphatic rings. The third kappa shape index (κ3) is 4.97. The highest BCUT2D eigenvalue weighted by Gasteiger charge is 2.40. The Morgan fingerprint density at radius 1 is 1.33 bits per heavy atom. The molecule has 118 valence electrons. The van der Waals surface area contributed by atoms with E-state index in [4.69, 9.17) is 4.74 Å². The predicted octanol–water partition coefficient (Wildman–Crippen LogP) is 2.31. The van der Waals surface area contributed by atoms with Crippen molar-refractivity contribution in [2.75, 3.05) is 13.7 Å². The van der Waals surface area contributed by atoms with Crippen molar-refractivity contribution in [3.63, 3.8) is 0 Å². The number of aliphatic hydroxyl groups is 1. The van der Waals surface area contributed by atoms with Gasteiger partial charge in [0.05, 0.1) is 13.2 Å². The molecule has 0 bridgehead atoms. The highest BCUT2D eigenvalue weighted by molar-refractivity contribution is 5.84. The number of carbonyl (C=O) groups excluding carboxylic acids is 1. The third-order valence-corrected chi connectivity index (χ3v) is 3.09. The molecule has 1 rings (SSSR count). The van der Waals surface area contributed by atoms with Gasteiger partial charge in [0.1, 0.15) is 5.75 Å². The van der Waals surface area contributed by atoms with Crippen molar-refractivity contribution >= 4 is 5.91 Å². The summed E-state index contributed by atoms with van der Waals surface area (Å²) >= 11 is 0. The Bertz CT molecular complexity index is 460. The summed E-state index contributed by atoms with van der Waals surface area (Å²) in [5.74, 6) is -4.58. The number of rotatable bonds is 7. The number of methoxy groups -OCH3 is 1. The van der Waals surface area contributed by atoms with Gasteiger partial charge in [-0.15, -0.1) is 0 Å². The van der Waals surface area contributed by atoms with Crippen molar-refractivity contribution in [3.05, 3.63) is 29.8 Å². The topological polar surface area (TPSA) is 58.6 Å². The fraction of sp³-hybridized carbons (Fsp3) is 0.533. The van der Waals surface area contributed by atoms with Crippen molar-refractivity contribution in [1.82, 2.24) is 5.32 Å². The second-order valence-corrected chi connectivity index (χ2v) is 5.20. The lowest BCUT2D eigenvalue weighted by Gasteiger charge is -2.19. The van der Waals surface area contributed by atoms with Gasteiger partial charge in [0.25, 0.3) is 5.91 Å². The molecule has 1 amide bonds. The van der Waals surface area contributed by atoms with Crippen LogP contribution in [0, 0.1) is 5.92 Å². The predicted molar refractivity (Wildman–Crippen MR) is 75.4 cm³/mol. The van der Waals surface area contributed by atoms with Gasteiger partial charge in [-0.05, 0) is 43.5 Å². The van der Waals surface area contributed by atoms with E-state index in [9.17, 15) is 18.7 Å². The minimum absolute atomic E-state index is 0.0828. The van der Waals surface area contributed by atoms with Gasteiger partial charge in [-0.2, -0.15) is 8.78 Å². The Hall–Kier alpha value is -1.69. The molecule has 0 heterocycles. The van der Waals surface area contributed by atoms with Gasteiger partial charge in [-0.1, -0.05) is 6.92 Å². The monoisotopic (exact) mass is 301 g/mol. The fourth-order valence-electron chi connectivity index (χ4n) is 1.98. The number of halogens is 2. The van der Waals surface area contributed by atoms with E-state index < -0.39 is 17.9 Å². The molecule has 0 saturated carbocycles. The summed E-state index contributed by atoms with van der Waals surface area (Å²) < 4.78 is 32.9. The molecule has 0 aliphatic carbocycles. The number of ether oxygens (including phenoxy) is 1. The Kier molecular flexibility index (Phi) is 6.08. The molecule has 2 N–H and O–H groups in total. The van der Waals surface area contributed by atoms with Gasteiger partial charge >= 0.3 is 5.92 Å². The van der Waals surface area contributed by atoms with Crippen LogP contribution in [-0.2, 0) is 10.7 Å². The first kappa shape index (κ1) is 17.4. The van der Waals surface area contributed by atoms with Crippen LogP contribution in [0.25, 0.3) is 0 Å². The van der Waals surface area contributed by atoms with Crippen LogP contribution in [0.1, 0.15) is 25.8 Å². The van der Waals surface area contributed by atoms with Crippen molar-refractivity contribution in [2.45, 2.75) is 32.3 Å². The number of benzene rings is 1. The van der Waals surface area contributed by atoms with Gasteiger partial charge in [0.15, 0.2) is 0 Å². The normalized spacial score (nSPS) is 14.4. The Balaban J connectivity index is 2.65. The molecule has 21 heavy (non-hydrogen) atoms. The second kappa shape index (κ2) is 7.36. The van der Waals surface area contributed by atoms with Gasteiger partial charge in [-0.25, -0.2) is 0 Å². The summed E-state index contributed by atoms with van der Waals surface area (Å²) in [4.78, 5) is 11.7. The summed E-state index contributed by atoms with van der Waals surface area (Å²) in [6, 6.07) is 5.09. The molecule has 0 aromatic heterocycles. The van der Waals surface area contributed by atoms with Crippen LogP contribution >= 0.6 is 0 Å². The summed E-state index contributed by atoms with van der Waals surface area (Å²) in [6.07, 6.45) is -0.0898. The minimum atomic E-state index is -3.60. The lowest BCUT2D eigenvalue weighted by molar-refractivity contribution is -0.147. The number of amides is 1. The SMILES string of the molecule is COc1ccc(C(F)(F)C(=O)NCC(C)CC(C)O)cc1. The first-order valence-electron chi connectivity index (χ1n) is 6.76. The van der Waals surface area contributed by atoms with Crippen molar-refractivity contribution in [3.8, 4) is 5.75 Å². The average molecular weight is 301 g/mol. The smallest absolute Gasteiger partial charge is 0.349 e. The van der Waals surface area contributed by atoms with E-state index in [-0.39, 0.29) is 18.0 Å². The van der Waals surface area contributed by atoms with Crippen molar-refractivity contribution in [2.24, 2.45) is 5.92 Å². The summed E-state index contributed by atoms with van der Waals surface area (Å²) in [5.41, 5.74) is -0.385. The van der Waals surface area contributed by atoms with Crippen molar-refractivity contribution < 1.29 is 23.4 Å². The summed E-state index contributed by atoms with van der Waals surface area (Å²) in [5, 5.41) is 11.4. The standard InChI is InChI=1S/C15H21F2NO3/c1-10(8-11(2)19)9-18-14(20)15(16,17)12-4-6-13(21-3)7-5-12/h4-7,10-11,19H,8-9H2,1-3H3,(H,18,20). The first-order valence-corrected chi connectivity index (χ1v) is 6.76. The van der Waals surface area contributed by atoms with Gasteiger partial charge in [0.2, 0.25) is 0 Å². The molecule has 6 heteroatoms. The molecular weight excluding hydrogens is 280 g/mol. The molecule has 0 aliphatic heterocycles. The van der Waals surface area contributed by atoms with E-state index in [1.165, 1.54) is 19.2 Å². The zero-order valence-electron chi connectivity index (χ0n) is 12.4. The van der Waals surface area contributed by atoms with Gasteiger partial charge in [0, 0.05) is 12.1 Å². The lowest BCUT2D eigenvalue weighted by atomic mass is 10.0. The number of hydrogen-bond acceptors (Lipinski definition) is 3. The van der Waals surface area contributed by atoms with Crippen LogP contribution in [0.2, 0.25) is 0 Å². The zero-order chi connectivity index (χ0) is 16.0. The van der Waals surface area contributed by atoms with Gasteiger partial charge < -0.3 is 15.2 Å². The van der Waals surface area contributed by atoms with E-state index >= 15 is 0 Å². The highest BCUT2D eigenvalue weighted by atomic mass is 19.3. The van der Waals surface area contributed by atoms with E-state index in [2.05, 4.69) is 5.32 Å². The molecule has 2 atom stereocenters. The number of alkyl halides is 2. The summed E-state index contributed by atoms with van der Waals surface area (Å²) in [6.45, 7) is 3.48. The lowest BCUT2D eigenvalue weighted by Crippen LogP contribution is -2.40. The molecule has 1 aromatic carbocycles. The molecule has 0 radical (unpaired) electrons. The molecule has 0 spiro atoms. The maximum Gasteiger partial charge on any atom is 0.349 e. The molecular formula is C15H21F2NO3. The maximum absolute atomic E-state index is 14.0. The first-order chi connectivity index (χ1) is 9.77. The van der Waals surface area contributed by atoms with Crippen LogP contribution in [0.5, 0.6) is 5.75 Å². The van der Waals surface area contributed by atoms with Crippen LogP contribution in [0.3, 0.4) is 0 Å². The molecule has 0 fully saturated rings. The number of hydrogen-bond donors (Lipinski definition) is 2. The Morgan fingerprint density at radius 3 is 2.38 bits per heavy atom. The summed E-state index contributed by atoms with van der Waals surface area (Å²) in [7, 11) is 1.43. The van der Waals surface area contributed by atoms with E-state index in [1.807, 2.05) is 0 Å². The quantitative estimate of drug-likeness (QED) is 0.812. The maximum atomic E-state index is 14.0. The van der Waals surface area contributed by atoms with Crippen LogP contribution < -0.4 is 10.1 Å². The largest absolute Gasteiger partial charge is 0.497 e. The van der Waals surface area contributed by atoms with E-state index in [1.54, 1.807) is 13.8 Å². The molecule has 4 nitrogen and oxygen atoms in total. The number of aliphatic hydroxyl groups excluding tert-OH is 1. The number of nitrogens with one attached hydrogen (secondary N) is 1. The molecule has 2 unspecified atom stereocenters. The molecule has 0 saturated heterocycles. The van der Waals surface area contributed by atoms with E-state index in [0.29, 0.717) is 12.2 Å². The fourth-order valence-corrected chi connectivity index (χ4v) is 1.98. The average Bonchev–Trinajstić information content (AvgIpc) is 2.44. The van der Waals surface area contributed by atoms with Crippen LogP contribution in [-0.4, -0.2) is 30.8 Å². The Morgan fingerprint density at radius 2 is 1.90 bits per heavy atom. The number of carbonyl (C=O) groups is 1. The minimum Gasteiger partial charge on any atom is -0.497 e. The van der Waals surface area contributed by atoms with Gasteiger partial charge in [-0.3, -0.25) is 4.79 Å². The molecule has 1 aromatic rings. The van der Waals surface area contributed by atoms with Crippen LogP contribution in [0.4, 0.5) is 8.78 Å². The zero-order valence-corrected chi connectivity index (χ0v) is 12.4. The van der Waals surface area contributed by atoms with Crippen LogP contribution in [0.15, 0.2) is 24.3 Å². The Labute approximate surface area is 123 Å². The van der Waals surface area contributed by atoms with Crippen molar-refractivity contribution in [1.29, 1.82) is 0 Å². The second-order valence-electron chi connectivity index (χ2n) is 5.20. The third-order valence-electron chi connectivity index (χ3n) is 3.09. The van der Waals surface area contributed by atoms with E-state index in [0.717, 1.165) is 12.1 Å².